The molecule has 2 aromatic carbocycles. The van der Waals surface area contributed by atoms with E-state index in [1.807, 2.05) is 30.3 Å². The van der Waals surface area contributed by atoms with Crippen LogP contribution in [0.5, 0.6) is 0 Å². The molecule has 0 fully saturated rings. The highest BCUT2D eigenvalue weighted by Gasteiger charge is 2.18. The van der Waals surface area contributed by atoms with Gasteiger partial charge in [-0.1, -0.05) is 37.3 Å². The van der Waals surface area contributed by atoms with Crippen LogP contribution in [0.2, 0.25) is 0 Å². The lowest BCUT2D eigenvalue weighted by molar-refractivity contribution is -0.384. The van der Waals surface area contributed by atoms with Gasteiger partial charge in [0.15, 0.2) is 0 Å². The molecule has 0 bridgehead atoms. The third-order valence-corrected chi connectivity index (χ3v) is 4.35. The number of nitro groups is 1. The van der Waals surface area contributed by atoms with Crippen LogP contribution in [0.3, 0.4) is 0 Å². The van der Waals surface area contributed by atoms with Gasteiger partial charge in [-0.3, -0.25) is 14.9 Å². The van der Waals surface area contributed by atoms with Crippen molar-refractivity contribution in [3.8, 4) is 0 Å². The van der Waals surface area contributed by atoms with Crippen molar-refractivity contribution >= 4 is 17.3 Å². The van der Waals surface area contributed by atoms with Gasteiger partial charge in [-0.05, 0) is 24.1 Å². The minimum Gasteiger partial charge on any atom is -0.383 e. The summed E-state index contributed by atoms with van der Waals surface area (Å²) in [5.74, 6) is -0.129. The molecule has 2 N–H and O–H groups in total. The molecular weight excluding hydrogens is 346 g/mol. The van der Waals surface area contributed by atoms with Crippen LogP contribution in [0.4, 0.5) is 11.4 Å². The lowest BCUT2D eigenvalue weighted by Crippen LogP contribution is -2.28. The van der Waals surface area contributed by atoms with Crippen molar-refractivity contribution < 1.29 is 14.5 Å². The zero-order valence-electron chi connectivity index (χ0n) is 15.6. The van der Waals surface area contributed by atoms with Crippen LogP contribution >= 0.6 is 0 Å². The maximum absolute atomic E-state index is 12.5. The van der Waals surface area contributed by atoms with Gasteiger partial charge in [-0.25, -0.2) is 0 Å². The molecule has 0 radical (unpaired) electrons. The van der Waals surface area contributed by atoms with Crippen molar-refractivity contribution in [2.24, 2.45) is 0 Å². The summed E-state index contributed by atoms with van der Waals surface area (Å²) in [4.78, 5) is 23.3. The first-order chi connectivity index (χ1) is 13.1. The van der Waals surface area contributed by atoms with Gasteiger partial charge < -0.3 is 15.4 Å². The van der Waals surface area contributed by atoms with Gasteiger partial charge in [0.1, 0.15) is 5.69 Å². The number of hydrogen-bond donors (Lipinski definition) is 2. The summed E-state index contributed by atoms with van der Waals surface area (Å²) in [7, 11) is 1.56. The molecule has 27 heavy (non-hydrogen) atoms. The maximum atomic E-state index is 12.5. The normalized spacial score (nSPS) is 11.6. The molecule has 0 spiro atoms. The molecule has 7 heteroatoms. The van der Waals surface area contributed by atoms with Crippen LogP contribution in [-0.4, -0.2) is 37.6 Å². The maximum Gasteiger partial charge on any atom is 0.293 e. The number of nitrogens with zero attached hydrogens (tertiary/aromatic N) is 1. The van der Waals surface area contributed by atoms with Gasteiger partial charge in [-0.2, -0.15) is 0 Å². The van der Waals surface area contributed by atoms with Gasteiger partial charge >= 0.3 is 0 Å². The van der Waals surface area contributed by atoms with Crippen LogP contribution in [0.15, 0.2) is 48.5 Å². The first-order valence-corrected chi connectivity index (χ1v) is 8.91. The molecule has 1 amide bonds. The lowest BCUT2D eigenvalue weighted by atomic mass is 9.96. The Bertz CT molecular complexity index is 765. The van der Waals surface area contributed by atoms with E-state index in [1.165, 1.54) is 6.07 Å². The molecule has 7 nitrogen and oxygen atoms in total. The van der Waals surface area contributed by atoms with Gasteiger partial charge in [-0.15, -0.1) is 0 Å². The number of rotatable bonds is 10. The number of ether oxygens (including phenoxy) is 1. The topological polar surface area (TPSA) is 93.5 Å². The number of carbonyl (C=O) groups excluding carboxylic acids is 1. The zero-order chi connectivity index (χ0) is 19.6. The van der Waals surface area contributed by atoms with Crippen LogP contribution in [0.1, 0.15) is 35.2 Å². The second kappa shape index (κ2) is 10.3. The first-order valence-electron chi connectivity index (χ1n) is 8.91. The van der Waals surface area contributed by atoms with Gasteiger partial charge in [0.05, 0.1) is 11.5 Å². The number of hydrogen-bond acceptors (Lipinski definition) is 5. The van der Waals surface area contributed by atoms with E-state index in [-0.39, 0.29) is 23.1 Å². The number of methoxy groups -OCH3 is 1. The number of amides is 1. The highest BCUT2D eigenvalue weighted by atomic mass is 16.6. The molecule has 0 saturated heterocycles. The minimum absolute atomic E-state index is 0.131. The summed E-state index contributed by atoms with van der Waals surface area (Å²) in [5.41, 5.74) is 1.66. The van der Waals surface area contributed by atoms with Crippen LogP contribution in [0, 0.1) is 10.1 Å². The monoisotopic (exact) mass is 371 g/mol. The average molecular weight is 371 g/mol. The van der Waals surface area contributed by atoms with Gasteiger partial charge in [0.25, 0.3) is 11.6 Å². The highest BCUT2D eigenvalue weighted by molar-refractivity contribution is 5.95. The third-order valence-electron chi connectivity index (χ3n) is 4.35. The summed E-state index contributed by atoms with van der Waals surface area (Å²) in [6, 6.07) is 14.4. The SMILES string of the molecule is CC[C@H](CNC(=O)c1ccc(NCCOC)c([N+](=O)[O-])c1)c1ccccc1. The van der Waals surface area contributed by atoms with Gasteiger partial charge in [0, 0.05) is 37.7 Å². The third kappa shape index (κ3) is 5.79. The number of nitrogens with one attached hydrogen (secondary N) is 2. The second-order valence-electron chi connectivity index (χ2n) is 6.13. The summed E-state index contributed by atoms with van der Waals surface area (Å²) < 4.78 is 4.93. The van der Waals surface area contributed by atoms with Gasteiger partial charge in [0.2, 0.25) is 0 Å². The molecule has 1 atom stereocenters. The predicted octanol–water partition coefficient (Wildman–Crippen LogP) is 3.58. The largest absolute Gasteiger partial charge is 0.383 e. The Hall–Kier alpha value is -2.93. The molecule has 0 aliphatic heterocycles. The number of benzene rings is 2. The van der Waals surface area contributed by atoms with Crippen molar-refractivity contribution in [2.45, 2.75) is 19.3 Å². The number of anilines is 1. The van der Waals surface area contributed by atoms with Crippen molar-refractivity contribution in [3.05, 3.63) is 69.8 Å². The lowest BCUT2D eigenvalue weighted by Gasteiger charge is -2.16. The van der Waals surface area contributed by atoms with E-state index in [4.69, 9.17) is 4.74 Å². The molecule has 144 valence electrons. The summed E-state index contributed by atoms with van der Waals surface area (Å²) in [6.45, 7) is 3.41. The van der Waals surface area contributed by atoms with Crippen LogP contribution in [0.25, 0.3) is 0 Å². The summed E-state index contributed by atoms with van der Waals surface area (Å²) >= 11 is 0. The van der Waals surface area contributed by atoms with E-state index < -0.39 is 4.92 Å². The molecule has 0 aliphatic carbocycles. The molecular formula is C20H25N3O4. The first kappa shape index (κ1) is 20.4. The van der Waals surface area contributed by atoms with E-state index in [9.17, 15) is 14.9 Å². The standard InChI is InChI=1S/C20H25N3O4/c1-3-15(16-7-5-4-6-8-16)14-22-20(24)17-9-10-18(21-11-12-27-2)19(13-17)23(25)26/h4-10,13,15,21H,3,11-12,14H2,1-2H3,(H,22,24)/t15-/m1/s1. The van der Waals surface area contributed by atoms with E-state index in [2.05, 4.69) is 17.6 Å². The summed E-state index contributed by atoms with van der Waals surface area (Å²) in [5, 5.41) is 17.2. The smallest absolute Gasteiger partial charge is 0.293 e. The average Bonchev–Trinajstić information content (AvgIpc) is 2.69. The van der Waals surface area contributed by atoms with E-state index >= 15 is 0 Å². The van der Waals surface area contributed by atoms with Crippen molar-refractivity contribution in [1.82, 2.24) is 5.32 Å². The van der Waals surface area contributed by atoms with Crippen LogP contribution < -0.4 is 10.6 Å². The molecule has 0 unspecified atom stereocenters. The summed E-state index contributed by atoms with van der Waals surface area (Å²) in [6.07, 6.45) is 0.882. The highest BCUT2D eigenvalue weighted by Crippen LogP contribution is 2.25. The van der Waals surface area contributed by atoms with E-state index in [0.717, 1.165) is 12.0 Å². The minimum atomic E-state index is -0.495. The molecule has 0 saturated carbocycles. The van der Waals surface area contributed by atoms with E-state index in [0.29, 0.717) is 25.4 Å². The molecule has 0 aliphatic rings. The fourth-order valence-electron chi connectivity index (χ4n) is 2.80. The Labute approximate surface area is 158 Å². The van der Waals surface area contributed by atoms with Crippen molar-refractivity contribution in [1.29, 1.82) is 0 Å². The van der Waals surface area contributed by atoms with E-state index in [1.54, 1.807) is 19.2 Å². The number of carbonyl (C=O) groups is 1. The quantitative estimate of drug-likeness (QED) is 0.378. The molecule has 0 heterocycles. The fourth-order valence-corrected chi connectivity index (χ4v) is 2.80. The van der Waals surface area contributed by atoms with Crippen molar-refractivity contribution in [2.75, 3.05) is 32.1 Å². The Balaban J connectivity index is 2.07. The predicted molar refractivity (Wildman–Crippen MR) is 105 cm³/mol. The molecule has 0 aromatic heterocycles. The number of nitro benzene ring substituents is 1. The molecule has 2 rings (SSSR count). The Morgan fingerprint density at radius 3 is 2.59 bits per heavy atom. The molecule has 2 aromatic rings. The Morgan fingerprint density at radius 1 is 1.22 bits per heavy atom. The fraction of sp³-hybridized carbons (Fsp3) is 0.350. The zero-order valence-corrected chi connectivity index (χ0v) is 15.6. The second-order valence-corrected chi connectivity index (χ2v) is 6.13. The van der Waals surface area contributed by atoms with Crippen molar-refractivity contribution in [3.63, 3.8) is 0 Å². The van der Waals surface area contributed by atoms with Crippen LogP contribution in [-0.2, 0) is 4.74 Å². The Morgan fingerprint density at radius 2 is 1.96 bits per heavy atom. The Kier molecular flexibility index (Phi) is 7.76.